The van der Waals surface area contributed by atoms with E-state index in [0.29, 0.717) is 5.00 Å². The number of hydroxylamine groups is 2. The quantitative estimate of drug-likeness (QED) is 0.257. The lowest BCUT2D eigenvalue weighted by Gasteiger charge is -2.36. The van der Waals surface area contributed by atoms with E-state index >= 15 is 0 Å². The van der Waals surface area contributed by atoms with E-state index in [4.69, 9.17) is 4.84 Å². The van der Waals surface area contributed by atoms with Gasteiger partial charge in [-0.3, -0.25) is 19.0 Å². The molecule has 2 saturated heterocycles. The molecule has 3 amide bonds. The van der Waals surface area contributed by atoms with Crippen molar-refractivity contribution >= 4 is 67.0 Å². The molecule has 3 aromatic rings. The van der Waals surface area contributed by atoms with Gasteiger partial charge in [-0.2, -0.15) is 17.7 Å². The first-order valence-electron chi connectivity index (χ1n) is 11.2. The van der Waals surface area contributed by atoms with Gasteiger partial charge in [0.15, 0.2) is 10.3 Å². The number of amides is 3. The van der Waals surface area contributed by atoms with Crippen LogP contribution in [0.5, 0.6) is 0 Å². The van der Waals surface area contributed by atoms with Crippen molar-refractivity contribution in [1.29, 1.82) is 0 Å². The van der Waals surface area contributed by atoms with Crippen LogP contribution >= 0.6 is 34.0 Å². The molecule has 2 aliphatic heterocycles. The van der Waals surface area contributed by atoms with Gasteiger partial charge in [-0.1, -0.05) is 22.5 Å². The summed E-state index contributed by atoms with van der Waals surface area (Å²) in [6.45, 7) is 3.83. The zero-order valence-electron chi connectivity index (χ0n) is 19.3. The fourth-order valence-electron chi connectivity index (χ4n) is 4.95. The van der Waals surface area contributed by atoms with Gasteiger partial charge in [0.1, 0.15) is 12.1 Å². The van der Waals surface area contributed by atoms with E-state index in [2.05, 4.69) is 12.1 Å². The number of hydrogen-bond acceptors (Lipinski definition) is 9. The van der Waals surface area contributed by atoms with Crippen LogP contribution in [-0.4, -0.2) is 53.3 Å². The van der Waals surface area contributed by atoms with Gasteiger partial charge in [0.05, 0.1) is 11.3 Å². The fraction of sp³-hybridized carbons (Fsp3) is 0.348. The van der Waals surface area contributed by atoms with Crippen molar-refractivity contribution in [3.8, 4) is 19.5 Å². The number of thiophene rings is 3. The molecule has 13 heteroatoms. The van der Waals surface area contributed by atoms with Crippen molar-refractivity contribution < 1.29 is 32.2 Å². The largest absolute Gasteiger partial charge is 0.547 e. The summed E-state index contributed by atoms with van der Waals surface area (Å²) in [6.07, 6.45) is -0.158. The molecule has 5 heterocycles. The highest BCUT2D eigenvalue weighted by atomic mass is 32.2. The van der Waals surface area contributed by atoms with Crippen molar-refractivity contribution in [3.63, 3.8) is 0 Å². The number of carbonyl (C=O) groups is 3. The van der Waals surface area contributed by atoms with Gasteiger partial charge < -0.3 is 0 Å². The lowest BCUT2D eigenvalue weighted by atomic mass is 10.2. The third-order valence-electron chi connectivity index (χ3n) is 6.86. The minimum atomic E-state index is -4.81. The molecule has 4 atom stereocenters. The number of quaternary nitrogens is 1. The zero-order valence-corrected chi connectivity index (χ0v) is 22.6. The van der Waals surface area contributed by atoms with Gasteiger partial charge in [-0.25, -0.2) is 0 Å². The fourth-order valence-corrected chi connectivity index (χ4v) is 8.91. The van der Waals surface area contributed by atoms with E-state index in [0.717, 1.165) is 27.5 Å². The minimum Gasteiger partial charge on any atom is -0.285 e. The van der Waals surface area contributed by atoms with Crippen molar-refractivity contribution in [2.75, 3.05) is 0 Å². The SMILES string of the molecule is CC1CC[C@@H](C)[N+]1(C(=O)ON1C(=O)CC(S(=O)(=O)O)C1=O)c1ccc(-c2ccc(-c3cccs3)s2)s1. The summed E-state index contributed by atoms with van der Waals surface area (Å²) >= 11 is 4.78. The Kier molecular flexibility index (Phi) is 6.42. The average Bonchev–Trinajstić information content (AvgIpc) is 3.62. The van der Waals surface area contributed by atoms with Gasteiger partial charge in [0.25, 0.3) is 21.9 Å². The van der Waals surface area contributed by atoms with Crippen LogP contribution < -0.4 is 4.48 Å². The molecule has 0 saturated carbocycles. The summed E-state index contributed by atoms with van der Waals surface area (Å²) in [4.78, 5) is 48.2. The maximum Gasteiger partial charge on any atom is 0.547 e. The van der Waals surface area contributed by atoms with Crippen LogP contribution in [0.25, 0.3) is 19.5 Å². The van der Waals surface area contributed by atoms with Crippen LogP contribution in [0, 0.1) is 0 Å². The number of imide groups is 1. The Labute approximate surface area is 219 Å². The Hall–Kier alpha value is -2.42. The molecule has 0 radical (unpaired) electrons. The summed E-state index contributed by atoms with van der Waals surface area (Å²) in [7, 11) is -4.81. The third kappa shape index (κ3) is 4.03. The van der Waals surface area contributed by atoms with Gasteiger partial charge in [-0.15, -0.1) is 22.7 Å². The second kappa shape index (κ2) is 9.15. The van der Waals surface area contributed by atoms with Gasteiger partial charge in [-0.05, 0) is 43.5 Å². The summed E-state index contributed by atoms with van der Waals surface area (Å²) in [5.74, 6) is -2.25. The monoisotopic (exact) mass is 567 g/mol. The molecular weight excluding hydrogens is 545 g/mol. The maximum absolute atomic E-state index is 13.7. The molecule has 0 bridgehead atoms. The van der Waals surface area contributed by atoms with Crippen molar-refractivity contribution in [2.45, 2.75) is 50.4 Å². The van der Waals surface area contributed by atoms with E-state index in [9.17, 15) is 27.4 Å². The molecule has 2 fully saturated rings. The van der Waals surface area contributed by atoms with Crippen LogP contribution in [-0.2, 0) is 24.5 Å². The lowest BCUT2D eigenvalue weighted by molar-refractivity contribution is -0.173. The molecule has 3 aromatic heterocycles. The van der Waals surface area contributed by atoms with Crippen LogP contribution in [0.3, 0.4) is 0 Å². The number of rotatable bonds is 5. The Bertz CT molecular complexity index is 1430. The molecule has 9 nitrogen and oxygen atoms in total. The summed E-state index contributed by atoms with van der Waals surface area (Å²) in [5.41, 5.74) is 0. The Morgan fingerprint density at radius 2 is 1.61 bits per heavy atom. The third-order valence-corrected chi connectivity index (χ3v) is 11.5. The summed E-state index contributed by atoms with van der Waals surface area (Å²) in [6, 6.07) is 11.6. The number of carbonyl (C=O) groups excluding carboxylic acids is 3. The van der Waals surface area contributed by atoms with Crippen LogP contribution in [0.4, 0.5) is 9.80 Å². The molecule has 2 aliphatic rings. The van der Waals surface area contributed by atoms with Crippen LogP contribution in [0.1, 0.15) is 33.1 Å². The van der Waals surface area contributed by atoms with Gasteiger partial charge >= 0.3 is 6.09 Å². The predicted octanol–water partition coefficient (Wildman–Crippen LogP) is 5.15. The van der Waals surface area contributed by atoms with Crippen molar-refractivity contribution in [1.82, 2.24) is 9.55 Å². The van der Waals surface area contributed by atoms with Crippen molar-refractivity contribution in [3.05, 3.63) is 41.8 Å². The topological polar surface area (TPSA) is 118 Å². The van der Waals surface area contributed by atoms with E-state index in [1.165, 1.54) is 16.2 Å². The summed E-state index contributed by atoms with van der Waals surface area (Å²) in [5, 5.41) is 0.967. The molecule has 0 aromatic carbocycles. The zero-order chi connectivity index (χ0) is 25.8. The highest BCUT2D eigenvalue weighted by Gasteiger charge is 2.58. The minimum absolute atomic E-state index is 0.194. The number of likely N-dealkylation sites (tertiary alicyclic amines) is 1. The first kappa shape index (κ1) is 25.2. The molecule has 3 unspecified atom stereocenters. The normalized spacial score (nSPS) is 26.6. The Balaban J connectivity index is 1.47. The molecule has 36 heavy (non-hydrogen) atoms. The first-order chi connectivity index (χ1) is 17.0. The van der Waals surface area contributed by atoms with Gasteiger partial charge in [0.2, 0.25) is 0 Å². The standard InChI is InChI=1S/C23H22N2O7S4/c1-13-5-6-14(2)25(13,23(28)32-24-20(26)12-19(22(24)27)36(29,30)31)21-10-9-18(35-21)17-8-7-16(34-17)15-4-3-11-33-15/h3-4,7-11,13-14,19H,5-6,12H2,1-2H3/p+1/t13-,14?,19?,25?/m1/s1. The van der Waals surface area contributed by atoms with Crippen LogP contribution in [0.15, 0.2) is 41.8 Å². The van der Waals surface area contributed by atoms with E-state index in [-0.39, 0.29) is 21.6 Å². The predicted molar refractivity (Wildman–Crippen MR) is 139 cm³/mol. The second-order valence-electron chi connectivity index (χ2n) is 8.92. The number of nitrogens with zero attached hydrogens (tertiary/aromatic N) is 2. The second-order valence-corrected chi connectivity index (χ2v) is 13.6. The smallest absolute Gasteiger partial charge is 0.285 e. The molecule has 1 N–H and O–H groups in total. The Morgan fingerprint density at radius 1 is 1.00 bits per heavy atom. The van der Waals surface area contributed by atoms with E-state index in [1.807, 2.05) is 43.5 Å². The van der Waals surface area contributed by atoms with Crippen molar-refractivity contribution in [2.24, 2.45) is 0 Å². The summed E-state index contributed by atoms with van der Waals surface area (Å²) < 4.78 is 32.1. The lowest BCUT2D eigenvalue weighted by Crippen LogP contribution is -2.61. The van der Waals surface area contributed by atoms with E-state index < -0.39 is 39.7 Å². The number of hydrogen-bond donors (Lipinski definition) is 1. The van der Waals surface area contributed by atoms with Crippen LogP contribution in [0.2, 0.25) is 0 Å². The Morgan fingerprint density at radius 3 is 2.19 bits per heavy atom. The maximum atomic E-state index is 13.7. The molecule has 0 spiro atoms. The van der Waals surface area contributed by atoms with E-state index in [1.54, 1.807) is 22.7 Å². The average molecular weight is 568 g/mol. The molecular formula is C23H23N2O7S4+. The first-order valence-corrected chi connectivity index (χ1v) is 15.2. The highest BCUT2D eigenvalue weighted by Crippen LogP contribution is 2.48. The molecule has 5 rings (SSSR count). The molecule has 0 aliphatic carbocycles. The van der Waals surface area contributed by atoms with Gasteiger partial charge in [0, 0.05) is 33.5 Å². The molecule has 190 valence electrons. The highest BCUT2D eigenvalue weighted by molar-refractivity contribution is 7.87.